The molecule has 0 radical (unpaired) electrons. The largest absolute Gasteiger partial charge is 0.497 e. The Kier molecular flexibility index (Phi) is 7.63. The quantitative estimate of drug-likeness (QED) is 0.711. The predicted octanol–water partition coefficient (Wildman–Crippen LogP) is 1.67. The van der Waals surface area contributed by atoms with E-state index in [9.17, 15) is 19.5 Å². The topological polar surface area (TPSA) is 105 Å². The first kappa shape index (κ1) is 22.3. The molecule has 0 heterocycles. The SMILES string of the molecule is COc1cc(CN(CC(=O)O)C(=O)C(C)NC(=O)C(C)(C)C)cc(OC)c1. The van der Waals surface area contributed by atoms with Gasteiger partial charge in [-0.05, 0) is 24.6 Å². The lowest BCUT2D eigenvalue weighted by atomic mass is 9.95. The second-order valence-corrected chi connectivity index (χ2v) is 7.25. The van der Waals surface area contributed by atoms with Crippen molar-refractivity contribution < 1.29 is 29.0 Å². The van der Waals surface area contributed by atoms with E-state index < -0.39 is 29.9 Å². The van der Waals surface area contributed by atoms with Crippen LogP contribution in [-0.4, -0.2) is 54.6 Å². The standard InChI is InChI=1S/C19H28N2O6/c1-12(20-18(25)19(2,3)4)17(24)21(11-16(22)23)10-13-7-14(26-5)9-15(8-13)27-6/h7-9,12H,10-11H2,1-6H3,(H,20,25)(H,22,23). The third-order valence-electron chi connectivity index (χ3n) is 3.82. The Balaban J connectivity index is 3.03. The van der Waals surface area contributed by atoms with Gasteiger partial charge in [0.05, 0.1) is 14.2 Å². The van der Waals surface area contributed by atoms with E-state index in [0.29, 0.717) is 17.1 Å². The van der Waals surface area contributed by atoms with Crippen LogP contribution in [0.25, 0.3) is 0 Å². The molecule has 0 saturated carbocycles. The molecule has 1 aromatic rings. The number of benzene rings is 1. The van der Waals surface area contributed by atoms with Crippen LogP contribution >= 0.6 is 0 Å². The van der Waals surface area contributed by atoms with Crippen LogP contribution in [0.3, 0.4) is 0 Å². The van der Waals surface area contributed by atoms with E-state index in [4.69, 9.17) is 9.47 Å². The minimum Gasteiger partial charge on any atom is -0.497 e. The molecule has 1 atom stereocenters. The molecule has 8 heteroatoms. The van der Waals surface area contributed by atoms with Crippen molar-refractivity contribution in [1.29, 1.82) is 0 Å². The Morgan fingerprint density at radius 3 is 2.04 bits per heavy atom. The average Bonchev–Trinajstić information content (AvgIpc) is 2.58. The number of rotatable bonds is 8. The fraction of sp³-hybridized carbons (Fsp3) is 0.526. The van der Waals surface area contributed by atoms with E-state index in [1.165, 1.54) is 26.0 Å². The van der Waals surface area contributed by atoms with Gasteiger partial charge in [0, 0.05) is 18.0 Å². The lowest BCUT2D eigenvalue weighted by Crippen LogP contribution is -2.50. The molecule has 0 bridgehead atoms. The summed E-state index contributed by atoms with van der Waals surface area (Å²) in [6, 6.07) is 4.22. The number of hydrogen-bond donors (Lipinski definition) is 2. The van der Waals surface area contributed by atoms with E-state index in [2.05, 4.69) is 5.32 Å². The third-order valence-corrected chi connectivity index (χ3v) is 3.82. The van der Waals surface area contributed by atoms with E-state index >= 15 is 0 Å². The minimum atomic E-state index is -1.15. The maximum absolute atomic E-state index is 12.7. The molecule has 0 spiro atoms. The van der Waals surface area contributed by atoms with Crippen molar-refractivity contribution >= 4 is 17.8 Å². The first-order chi connectivity index (χ1) is 12.5. The van der Waals surface area contributed by atoms with Crippen LogP contribution in [0, 0.1) is 5.41 Å². The molecule has 0 aliphatic heterocycles. The number of aliphatic carboxylic acids is 1. The highest BCUT2D eigenvalue weighted by atomic mass is 16.5. The summed E-state index contributed by atoms with van der Waals surface area (Å²) in [6.45, 7) is 6.28. The number of carbonyl (C=O) groups excluding carboxylic acids is 2. The molecule has 0 aliphatic rings. The molecule has 0 fully saturated rings. The number of nitrogens with zero attached hydrogens (tertiary/aromatic N) is 1. The molecule has 1 rings (SSSR count). The Morgan fingerprint density at radius 2 is 1.63 bits per heavy atom. The molecule has 1 unspecified atom stereocenters. The van der Waals surface area contributed by atoms with E-state index in [0.717, 1.165) is 0 Å². The third kappa shape index (κ3) is 6.80. The lowest BCUT2D eigenvalue weighted by molar-refractivity contribution is -0.146. The Labute approximate surface area is 159 Å². The van der Waals surface area contributed by atoms with Crippen LogP contribution in [0.2, 0.25) is 0 Å². The summed E-state index contributed by atoms with van der Waals surface area (Å²) in [5, 5.41) is 11.8. The zero-order valence-electron chi connectivity index (χ0n) is 16.7. The second-order valence-electron chi connectivity index (χ2n) is 7.25. The zero-order chi connectivity index (χ0) is 20.8. The van der Waals surface area contributed by atoms with Crippen molar-refractivity contribution in [2.45, 2.75) is 40.3 Å². The van der Waals surface area contributed by atoms with Crippen molar-refractivity contribution in [3.63, 3.8) is 0 Å². The number of nitrogens with one attached hydrogen (secondary N) is 1. The lowest BCUT2D eigenvalue weighted by Gasteiger charge is -2.27. The summed E-state index contributed by atoms with van der Waals surface area (Å²) in [6.07, 6.45) is 0. The Hall–Kier alpha value is -2.77. The van der Waals surface area contributed by atoms with Gasteiger partial charge in [0.15, 0.2) is 0 Å². The smallest absolute Gasteiger partial charge is 0.323 e. The van der Waals surface area contributed by atoms with Gasteiger partial charge in [-0.1, -0.05) is 20.8 Å². The maximum Gasteiger partial charge on any atom is 0.323 e. The van der Waals surface area contributed by atoms with Gasteiger partial charge in [0.1, 0.15) is 24.1 Å². The van der Waals surface area contributed by atoms with Gasteiger partial charge in [-0.3, -0.25) is 14.4 Å². The molecule has 2 amide bonds. The summed E-state index contributed by atoms with van der Waals surface area (Å²) in [7, 11) is 3.01. The summed E-state index contributed by atoms with van der Waals surface area (Å²) < 4.78 is 10.4. The van der Waals surface area contributed by atoms with Crippen molar-refractivity contribution in [1.82, 2.24) is 10.2 Å². The number of hydrogen-bond acceptors (Lipinski definition) is 5. The summed E-state index contributed by atoms with van der Waals surface area (Å²) in [5.74, 6) is -0.867. The van der Waals surface area contributed by atoms with Crippen molar-refractivity contribution in [2.75, 3.05) is 20.8 Å². The number of carboxylic acid groups (broad SMARTS) is 1. The van der Waals surface area contributed by atoms with Gasteiger partial charge < -0.3 is 24.8 Å². The second kappa shape index (κ2) is 9.25. The molecule has 0 aromatic heterocycles. The van der Waals surface area contributed by atoms with Crippen molar-refractivity contribution in [3.8, 4) is 11.5 Å². The van der Waals surface area contributed by atoms with Crippen molar-refractivity contribution in [3.05, 3.63) is 23.8 Å². The fourth-order valence-corrected chi connectivity index (χ4v) is 2.30. The van der Waals surface area contributed by atoms with Crippen LogP contribution in [0.15, 0.2) is 18.2 Å². The summed E-state index contributed by atoms with van der Waals surface area (Å²) >= 11 is 0. The molecule has 1 aromatic carbocycles. The van der Waals surface area contributed by atoms with E-state index in [-0.39, 0.29) is 12.5 Å². The molecule has 0 aliphatic carbocycles. The van der Waals surface area contributed by atoms with Gasteiger partial charge >= 0.3 is 5.97 Å². The average molecular weight is 380 g/mol. The Morgan fingerprint density at radius 1 is 1.11 bits per heavy atom. The minimum absolute atomic E-state index is 0.0361. The van der Waals surface area contributed by atoms with Gasteiger partial charge in [-0.2, -0.15) is 0 Å². The van der Waals surface area contributed by atoms with Crippen LogP contribution < -0.4 is 14.8 Å². The van der Waals surface area contributed by atoms with Crippen LogP contribution in [0.4, 0.5) is 0 Å². The van der Waals surface area contributed by atoms with Gasteiger partial charge in [-0.25, -0.2) is 0 Å². The summed E-state index contributed by atoms with van der Waals surface area (Å²) in [5.41, 5.74) is -0.0121. The highest BCUT2D eigenvalue weighted by Crippen LogP contribution is 2.23. The van der Waals surface area contributed by atoms with Gasteiger partial charge in [-0.15, -0.1) is 0 Å². The Bertz CT molecular complexity index is 674. The van der Waals surface area contributed by atoms with E-state index in [1.54, 1.807) is 39.0 Å². The number of amides is 2. The molecular formula is C19H28N2O6. The number of carboxylic acids is 1. The monoisotopic (exact) mass is 380 g/mol. The first-order valence-corrected chi connectivity index (χ1v) is 8.51. The number of carbonyl (C=O) groups is 3. The maximum atomic E-state index is 12.7. The van der Waals surface area contributed by atoms with E-state index in [1.807, 2.05) is 0 Å². The normalized spacial score (nSPS) is 12.1. The van der Waals surface area contributed by atoms with Gasteiger partial charge in [0.25, 0.3) is 0 Å². The molecule has 150 valence electrons. The van der Waals surface area contributed by atoms with Crippen molar-refractivity contribution in [2.24, 2.45) is 5.41 Å². The number of methoxy groups -OCH3 is 2. The molecule has 0 saturated heterocycles. The summed E-state index contributed by atoms with van der Waals surface area (Å²) in [4.78, 5) is 37.3. The first-order valence-electron chi connectivity index (χ1n) is 8.51. The highest BCUT2D eigenvalue weighted by Gasteiger charge is 2.28. The highest BCUT2D eigenvalue weighted by molar-refractivity contribution is 5.90. The zero-order valence-corrected chi connectivity index (χ0v) is 16.7. The fourth-order valence-electron chi connectivity index (χ4n) is 2.30. The predicted molar refractivity (Wildman–Crippen MR) is 99.7 cm³/mol. The van der Waals surface area contributed by atoms with Crippen LogP contribution in [0.5, 0.6) is 11.5 Å². The number of ether oxygens (including phenoxy) is 2. The molecule has 2 N–H and O–H groups in total. The van der Waals surface area contributed by atoms with Crippen LogP contribution in [0.1, 0.15) is 33.3 Å². The van der Waals surface area contributed by atoms with Crippen LogP contribution in [-0.2, 0) is 20.9 Å². The van der Waals surface area contributed by atoms with Gasteiger partial charge in [0.2, 0.25) is 11.8 Å². The molecule has 27 heavy (non-hydrogen) atoms. The molecule has 8 nitrogen and oxygen atoms in total. The molecular weight excluding hydrogens is 352 g/mol.